The van der Waals surface area contributed by atoms with E-state index < -0.39 is 16.0 Å². The summed E-state index contributed by atoms with van der Waals surface area (Å²) in [5, 5.41) is 9.33. The maximum absolute atomic E-state index is 12.7. The van der Waals surface area contributed by atoms with Gasteiger partial charge in [-0.3, -0.25) is 4.72 Å². The summed E-state index contributed by atoms with van der Waals surface area (Å²) in [5.41, 5.74) is 2.21. The molecular formula is C22H21NO5S. The fourth-order valence-corrected chi connectivity index (χ4v) is 4.11. The number of anilines is 1. The minimum absolute atomic E-state index is 0.129. The van der Waals surface area contributed by atoms with Crippen molar-refractivity contribution in [2.24, 2.45) is 0 Å². The van der Waals surface area contributed by atoms with Crippen molar-refractivity contribution < 1.29 is 23.1 Å². The Bertz CT molecular complexity index is 1110. The van der Waals surface area contributed by atoms with Gasteiger partial charge in [0.05, 0.1) is 23.3 Å². The average molecular weight is 411 g/mol. The Morgan fingerprint density at radius 1 is 0.897 bits per heavy atom. The Balaban J connectivity index is 1.81. The van der Waals surface area contributed by atoms with Gasteiger partial charge in [-0.05, 0) is 60.4 Å². The van der Waals surface area contributed by atoms with Crippen molar-refractivity contribution in [1.82, 2.24) is 0 Å². The number of hydrogen-bond donors (Lipinski definition) is 2. The number of para-hydroxylation sites is 1. The predicted octanol–water partition coefficient (Wildman–Crippen LogP) is 3.98. The molecule has 3 aromatic carbocycles. The maximum atomic E-state index is 12.7. The second-order valence-electron chi connectivity index (χ2n) is 6.40. The molecule has 0 saturated heterocycles. The lowest BCUT2D eigenvalue weighted by atomic mass is 9.99. The summed E-state index contributed by atoms with van der Waals surface area (Å²) in [6.45, 7) is 0. The summed E-state index contributed by atoms with van der Waals surface area (Å²) in [5.74, 6) is -0.407. The number of nitrogens with one attached hydrogen (secondary N) is 1. The van der Waals surface area contributed by atoms with Gasteiger partial charge >= 0.3 is 5.97 Å². The van der Waals surface area contributed by atoms with Gasteiger partial charge in [-0.2, -0.15) is 0 Å². The van der Waals surface area contributed by atoms with E-state index in [2.05, 4.69) is 4.72 Å². The van der Waals surface area contributed by atoms with Crippen molar-refractivity contribution >= 4 is 21.7 Å². The molecule has 29 heavy (non-hydrogen) atoms. The van der Waals surface area contributed by atoms with Crippen LogP contribution in [0.4, 0.5) is 5.69 Å². The largest absolute Gasteiger partial charge is 0.497 e. The molecule has 0 heterocycles. The fourth-order valence-electron chi connectivity index (χ4n) is 3.01. The van der Waals surface area contributed by atoms with Crippen LogP contribution in [0.3, 0.4) is 0 Å². The van der Waals surface area contributed by atoms with Gasteiger partial charge in [-0.15, -0.1) is 0 Å². The summed E-state index contributed by atoms with van der Waals surface area (Å²) >= 11 is 0. The zero-order valence-corrected chi connectivity index (χ0v) is 16.6. The summed E-state index contributed by atoms with van der Waals surface area (Å²) < 4.78 is 33.2. The number of methoxy groups -OCH3 is 1. The van der Waals surface area contributed by atoms with E-state index in [1.807, 2.05) is 12.1 Å². The molecule has 0 fully saturated rings. The third-order valence-electron chi connectivity index (χ3n) is 4.54. The third kappa shape index (κ3) is 4.94. The number of benzene rings is 3. The molecule has 0 aromatic heterocycles. The quantitative estimate of drug-likeness (QED) is 0.585. The van der Waals surface area contributed by atoms with Crippen LogP contribution in [0.25, 0.3) is 0 Å². The minimum Gasteiger partial charge on any atom is -0.497 e. The van der Waals surface area contributed by atoms with Crippen molar-refractivity contribution in [3.8, 4) is 5.75 Å². The molecule has 6 nitrogen and oxygen atoms in total. The first-order valence-corrected chi connectivity index (χ1v) is 10.4. The molecule has 0 radical (unpaired) electrons. The number of sulfonamides is 1. The van der Waals surface area contributed by atoms with Gasteiger partial charge in [0, 0.05) is 0 Å². The predicted molar refractivity (Wildman–Crippen MR) is 111 cm³/mol. The second kappa shape index (κ2) is 8.79. The number of carboxylic acids is 1. The van der Waals surface area contributed by atoms with Gasteiger partial charge in [-0.1, -0.05) is 36.4 Å². The zero-order valence-electron chi connectivity index (χ0n) is 15.8. The highest BCUT2D eigenvalue weighted by atomic mass is 32.2. The Morgan fingerprint density at radius 2 is 1.48 bits per heavy atom. The van der Waals surface area contributed by atoms with Crippen molar-refractivity contribution in [2.75, 3.05) is 11.8 Å². The van der Waals surface area contributed by atoms with E-state index in [1.165, 1.54) is 19.2 Å². The number of aryl methyl sites for hydroxylation is 2. The highest BCUT2D eigenvalue weighted by Gasteiger charge is 2.16. The van der Waals surface area contributed by atoms with Crippen molar-refractivity contribution in [2.45, 2.75) is 17.7 Å². The van der Waals surface area contributed by atoms with Crippen LogP contribution in [0.15, 0.2) is 77.7 Å². The van der Waals surface area contributed by atoms with Crippen LogP contribution in [-0.4, -0.2) is 26.6 Å². The molecule has 0 atom stereocenters. The standard InChI is InChI=1S/C22H21NO5S/c1-28-18-12-14-19(15-13-18)29(26,27)23-21-9-5-3-7-17(21)11-10-16-6-2-4-8-20(16)22(24)25/h2-9,12-15,23H,10-11H2,1H3,(H,24,25). The van der Waals surface area contributed by atoms with Gasteiger partial charge in [-0.25, -0.2) is 13.2 Å². The molecule has 3 aromatic rings. The molecule has 0 unspecified atom stereocenters. The molecule has 0 aliphatic heterocycles. The van der Waals surface area contributed by atoms with Crippen LogP contribution in [-0.2, 0) is 22.9 Å². The molecule has 0 aliphatic carbocycles. The van der Waals surface area contributed by atoms with Gasteiger partial charge in [0.15, 0.2) is 0 Å². The van der Waals surface area contributed by atoms with Gasteiger partial charge < -0.3 is 9.84 Å². The highest BCUT2D eigenvalue weighted by molar-refractivity contribution is 7.92. The molecular weight excluding hydrogens is 390 g/mol. The van der Waals surface area contributed by atoms with Gasteiger partial charge in [0.1, 0.15) is 5.75 Å². The van der Waals surface area contributed by atoms with Crippen LogP contribution in [0, 0.1) is 0 Å². The Hall–Kier alpha value is -3.32. The van der Waals surface area contributed by atoms with Crippen LogP contribution >= 0.6 is 0 Å². The van der Waals surface area contributed by atoms with E-state index in [0.29, 0.717) is 29.8 Å². The van der Waals surface area contributed by atoms with Crippen LogP contribution < -0.4 is 9.46 Å². The Kier molecular flexibility index (Phi) is 6.19. The van der Waals surface area contributed by atoms with E-state index >= 15 is 0 Å². The molecule has 7 heteroatoms. The van der Waals surface area contributed by atoms with Crippen molar-refractivity contribution in [3.05, 3.63) is 89.5 Å². The summed E-state index contributed by atoms with van der Waals surface area (Å²) in [6, 6.07) is 20.0. The maximum Gasteiger partial charge on any atom is 0.335 e. The SMILES string of the molecule is COc1ccc(S(=O)(=O)Nc2ccccc2CCc2ccccc2C(=O)O)cc1. The van der Waals surface area contributed by atoms with Crippen LogP contribution in [0.2, 0.25) is 0 Å². The molecule has 0 saturated carbocycles. The number of rotatable bonds is 8. The van der Waals surface area contributed by atoms with E-state index in [0.717, 1.165) is 5.56 Å². The fraction of sp³-hybridized carbons (Fsp3) is 0.136. The number of carbonyl (C=O) groups is 1. The Labute approximate surface area is 169 Å². The number of ether oxygens (including phenoxy) is 1. The molecule has 150 valence electrons. The topological polar surface area (TPSA) is 92.7 Å². The normalized spacial score (nSPS) is 11.1. The lowest BCUT2D eigenvalue weighted by molar-refractivity contribution is 0.0695. The lowest BCUT2D eigenvalue weighted by Crippen LogP contribution is -2.14. The molecule has 0 spiro atoms. The summed E-state index contributed by atoms with van der Waals surface area (Å²) in [6.07, 6.45) is 0.968. The summed E-state index contributed by atoms with van der Waals surface area (Å²) in [7, 11) is -2.25. The second-order valence-corrected chi connectivity index (χ2v) is 8.08. The third-order valence-corrected chi connectivity index (χ3v) is 5.92. The van der Waals surface area contributed by atoms with Gasteiger partial charge in [0.2, 0.25) is 0 Å². The first-order valence-electron chi connectivity index (χ1n) is 8.96. The average Bonchev–Trinajstić information content (AvgIpc) is 2.73. The monoisotopic (exact) mass is 411 g/mol. The van der Waals surface area contributed by atoms with E-state index in [-0.39, 0.29) is 10.5 Å². The minimum atomic E-state index is -3.77. The van der Waals surface area contributed by atoms with Crippen LogP contribution in [0.1, 0.15) is 21.5 Å². The van der Waals surface area contributed by atoms with E-state index in [1.54, 1.807) is 48.5 Å². The van der Waals surface area contributed by atoms with E-state index in [9.17, 15) is 18.3 Å². The van der Waals surface area contributed by atoms with Crippen molar-refractivity contribution in [3.63, 3.8) is 0 Å². The first kappa shape index (κ1) is 20.4. The first-order chi connectivity index (χ1) is 13.9. The molecule has 0 amide bonds. The number of hydrogen-bond acceptors (Lipinski definition) is 4. The lowest BCUT2D eigenvalue weighted by Gasteiger charge is -2.13. The Morgan fingerprint density at radius 3 is 2.14 bits per heavy atom. The smallest absolute Gasteiger partial charge is 0.335 e. The molecule has 3 rings (SSSR count). The number of carboxylic acid groups (broad SMARTS) is 1. The highest BCUT2D eigenvalue weighted by Crippen LogP contribution is 2.23. The summed E-state index contributed by atoms with van der Waals surface area (Å²) in [4.78, 5) is 11.5. The molecule has 0 aliphatic rings. The zero-order chi connectivity index (χ0) is 20.9. The van der Waals surface area contributed by atoms with Crippen LogP contribution in [0.5, 0.6) is 5.75 Å². The molecule has 0 bridgehead atoms. The van der Waals surface area contributed by atoms with E-state index in [4.69, 9.17) is 4.74 Å². The number of aromatic carboxylic acids is 1. The van der Waals surface area contributed by atoms with Gasteiger partial charge in [0.25, 0.3) is 10.0 Å². The van der Waals surface area contributed by atoms with Crippen molar-refractivity contribution in [1.29, 1.82) is 0 Å². The molecule has 2 N–H and O–H groups in total.